The quantitative estimate of drug-likeness (QED) is 0.184. The van der Waals surface area contributed by atoms with E-state index in [1.807, 2.05) is 12.1 Å². The lowest BCUT2D eigenvalue weighted by Gasteiger charge is -2.13. The van der Waals surface area contributed by atoms with Crippen molar-refractivity contribution >= 4 is 6.08 Å². The van der Waals surface area contributed by atoms with Crippen molar-refractivity contribution in [1.29, 1.82) is 0 Å². The molecule has 0 bridgehead atoms. The Hall–Kier alpha value is -3.87. The van der Waals surface area contributed by atoms with E-state index in [9.17, 15) is 18.3 Å². The predicted octanol–water partition coefficient (Wildman–Crippen LogP) is 8.31. The van der Waals surface area contributed by atoms with Gasteiger partial charge in [0.25, 0.3) is 0 Å². The molecule has 3 aromatic rings. The number of unbranched alkanes of at least 4 members (excludes halogenated alkanes) is 1. The number of aliphatic hydroxyl groups is 1. The van der Waals surface area contributed by atoms with E-state index >= 15 is 0 Å². The highest BCUT2D eigenvalue weighted by molar-refractivity contribution is 5.71. The lowest BCUT2D eigenvalue weighted by Crippen LogP contribution is -2.16. The minimum absolute atomic E-state index is 0.108. The molecule has 0 heterocycles. The number of rotatable bonds is 10. The Kier molecular flexibility index (Phi) is 8.24. The Labute approximate surface area is 196 Å². The summed E-state index contributed by atoms with van der Waals surface area (Å²) in [5.41, 5.74) is 2.09. The van der Waals surface area contributed by atoms with Crippen LogP contribution in [0.1, 0.15) is 25.3 Å². The summed E-state index contributed by atoms with van der Waals surface area (Å²) in [6, 6.07) is 18.1. The smallest absolute Gasteiger partial charge is 0.509 e. The van der Waals surface area contributed by atoms with Gasteiger partial charge in [-0.2, -0.15) is 0 Å². The van der Waals surface area contributed by atoms with E-state index in [1.54, 1.807) is 36.4 Å². The summed E-state index contributed by atoms with van der Waals surface area (Å²) < 4.78 is 53.0. The van der Waals surface area contributed by atoms with Crippen LogP contribution in [0.4, 0.5) is 13.2 Å². The maximum Gasteiger partial charge on any atom is 0.573 e. The molecule has 0 saturated carbocycles. The Bertz CT molecular complexity index is 1120. The van der Waals surface area contributed by atoms with Crippen LogP contribution in [0, 0.1) is 0 Å². The summed E-state index contributed by atoms with van der Waals surface area (Å²) in [7, 11) is 0. The van der Waals surface area contributed by atoms with E-state index in [2.05, 4.69) is 18.2 Å². The molecule has 1 N–H and O–H groups in total. The van der Waals surface area contributed by atoms with Crippen LogP contribution < -0.4 is 14.2 Å². The van der Waals surface area contributed by atoms with Crippen LogP contribution in [-0.4, -0.2) is 18.1 Å². The molecule has 0 amide bonds. The van der Waals surface area contributed by atoms with Crippen molar-refractivity contribution in [1.82, 2.24) is 0 Å². The van der Waals surface area contributed by atoms with Crippen LogP contribution in [0.15, 0.2) is 85.1 Å². The van der Waals surface area contributed by atoms with Gasteiger partial charge in [0.05, 0.1) is 6.61 Å². The van der Waals surface area contributed by atoms with Crippen LogP contribution >= 0.6 is 0 Å². The van der Waals surface area contributed by atoms with E-state index < -0.39 is 6.36 Å². The second-order valence-corrected chi connectivity index (χ2v) is 7.42. The van der Waals surface area contributed by atoms with Gasteiger partial charge in [0, 0.05) is 5.56 Å². The van der Waals surface area contributed by atoms with Crippen molar-refractivity contribution in [2.75, 3.05) is 6.61 Å². The molecular weight excluding hydrogens is 445 g/mol. The summed E-state index contributed by atoms with van der Waals surface area (Å²) in [4.78, 5) is 0. The van der Waals surface area contributed by atoms with Gasteiger partial charge in [0.1, 0.15) is 28.8 Å². The second kappa shape index (κ2) is 11.3. The standard InChI is InChI=1S/C27H25F3O4/c1-3-4-17-32-23-13-15-24(16-14-23)33-26-18-22(8-7-21(26)6-5-19(2)31)20-9-11-25(12-10-20)34-27(28,29)30/h5-16,18,31H,2-4,17H2,1H3/b6-5+. The summed E-state index contributed by atoms with van der Waals surface area (Å²) in [6.45, 7) is 6.18. The molecule has 3 rings (SSSR count). The minimum atomic E-state index is -4.75. The number of hydrogen-bond acceptors (Lipinski definition) is 4. The monoisotopic (exact) mass is 470 g/mol. The molecule has 0 radical (unpaired) electrons. The molecule has 4 nitrogen and oxygen atoms in total. The predicted molar refractivity (Wildman–Crippen MR) is 126 cm³/mol. The number of allylic oxidation sites excluding steroid dienone is 1. The lowest BCUT2D eigenvalue weighted by atomic mass is 10.0. The zero-order valence-corrected chi connectivity index (χ0v) is 18.6. The molecule has 0 unspecified atom stereocenters. The zero-order chi connectivity index (χ0) is 24.6. The SMILES string of the molecule is C=C(O)/C=C/c1ccc(-c2ccc(OC(F)(F)F)cc2)cc1Oc1ccc(OCCCC)cc1. The van der Waals surface area contributed by atoms with Gasteiger partial charge >= 0.3 is 6.36 Å². The van der Waals surface area contributed by atoms with Crippen LogP contribution in [0.2, 0.25) is 0 Å². The molecule has 0 atom stereocenters. The fourth-order valence-corrected chi connectivity index (χ4v) is 3.04. The summed E-state index contributed by atoms with van der Waals surface area (Å²) >= 11 is 0. The molecule has 0 aliphatic rings. The number of halogens is 3. The largest absolute Gasteiger partial charge is 0.573 e. The Balaban J connectivity index is 1.85. The summed E-state index contributed by atoms with van der Waals surface area (Å²) in [5, 5.41) is 9.42. The highest BCUT2D eigenvalue weighted by atomic mass is 19.4. The van der Waals surface area contributed by atoms with Crippen molar-refractivity contribution in [3.8, 4) is 34.1 Å². The Morgan fingerprint density at radius 2 is 1.53 bits per heavy atom. The minimum Gasteiger partial charge on any atom is -0.509 e. The van der Waals surface area contributed by atoms with Gasteiger partial charge in [-0.25, -0.2) is 0 Å². The maximum absolute atomic E-state index is 12.4. The average molecular weight is 470 g/mol. The van der Waals surface area contributed by atoms with E-state index in [1.165, 1.54) is 30.3 Å². The lowest BCUT2D eigenvalue weighted by molar-refractivity contribution is -0.274. The molecule has 3 aromatic carbocycles. The zero-order valence-electron chi connectivity index (χ0n) is 18.6. The van der Waals surface area contributed by atoms with Gasteiger partial charge in [-0.1, -0.05) is 44.2 Å². The van der Waals surface area contributed by atoms with Crippen molar-refractivity contribution in [3.05, 3.63) is 90.7 Å². The fourth-order valence-electron chi connectivity index (χ4n) is 3.04. The van der Waals surface area contributed by atoms with Gasteiger partial charge in [-0.05, 0) is 72.2 Å². The first-order valence-electron chi connectivity index (χ1n) is 10.7. The summed E-state index contributed by atoms with van der Waals surface area (Å²) in [6.07, 6.45) is 0.371. The highest BCUT2D eigenvalue weighted by Gasteiger charge is 2.30. The third kappa shape index (κ3) is 7.62. The molecule has 7 heteroatoms. The number of aliphatic hydroxyl groups excluding tert-OH is 1. The van der Waals surface area contributed by atoms with E-state index in [4.69, 9.17) is 9.47 Å². The van der Waals surface area contributed by atoms with E-state index in [-0.39, 0.29) is 11.5 Å². The molecule has 0 spiro atoms. The van der Waals surface area contributed by atoms with Crippen molar-refractivity contribution in [3.63, 3.8) is 0 Å². The normalized spacial score (nSPS) is 11.4. The molecular formula is C27H25F3O4. The number of alkyl halides is 3. The van der Waals surface area contributed by atoms with E-state index in [0.29, 0.717) is 29.2 Å². The first-order chi connectivity index (χ1) is 16.2. The Morgan fingerprint density at radius 3 is 2.15 bits per heavy atom. The van der Waals surface area contributed by atoms with Crippen LogP contribution in [0.3, 0.4) is 0 Å². The fraction of sp³-hybridized carbons (Fsp3) is 0.185. The number of ether oxygens (including phenoxy) is 3. The molecule has 0 saturated heterocycles. The highest BCUT2D eigenvalue weighted by Crippen LogP contribution is 2.34. The Morgan fingerprint density at radius 1 is 0.912 bits per heavy atom. The molecule has 0 fully saturated rings. The van der Waals surface area contributed by atoms with Gasteiger partial charge in [-0.15, -0.1) is 13.2 Å². The van der Waals surface area contributed by atoms with Crippen LogP contribution in [0.5, 0.6) is 23.0 Å². The van der Waals surface area contributed by atoms with Crippen molar-refractivity contribution in [2.24, 2.45) is 0 Å². The van der Waals surface area contributed by atoms with Gasteiger partial charge in [0.2, 0.25) is 0 Å². The van der Waals surface area contributed by atoms with Gasteiger partial charge in [0.15, 0.2) is 0 Å². The first kappa shape index (κ1) is 24.8. The molecule has 178 valence electrons. The molecule has 34 heavy (non-hydrogen) atoms. The van der Waals surface area contributed by atoms with Crippen LogP contribution in [-0.2, 0) is 0 Å². The van der Waals surface area contributed by atoms with Crippen LogP contribution in [0.25, 0.3) is 17.2 Å². The van der Waals surface area contributed by atoms with Crippen molar-refractivity contribution in [2.45, 2.75) is 26.1 Å². The van der Waals surface area contributed by atoms with Gasteiger partial charge < -0.3 is 19.3 Å². The number of benzene rings is 3. The van der Waals surface area contributed by atoms with Gasteiger partial charge in [-0.3, -0.25) is 0 Å². The second-order valence-electron chi connectivity index (χ2n) is 7.42. The first-order valence-corrected chi connectivity index (χ1v) is 10.7. The third-order valence-electron chi connectivity index (χ3n) is 4.71. The van der Waals surface area contributed by atoms with Crippen molar-refractivity contribution < 1.29 is 32.5 Å². The average Bonchev–Trinajstić information content (AvgIpc) is 2.79. The number of hydrogen-bond donors (Lipinski definition) is 1. The van der Waals surface area contributed by atoms with E-state index in [0.717, 1.165) is 24.2 Å². The molecule has 0 aromatic heterocycles. The molecule has 0 aliphatic heterocycles. The molecule has 0 aliphatic carbocycles. The topological polar surface area (TPSA) is 47.9 Å². The summed E-state index contributed by atoms with van der Waals surface area (Å²) in [5.74, 6) is 1.41. The third-order valence-corrected chi connectivity index (χ3v) is 4.71. The maximum atomic E-state index is 12.4.